The van der Waals surface area contributed by atoms with Crippen molar-refractivity contribution in [1.82, 2.24) is 0 Å². The van der Waals surface area contributed by atoms with Gasteiger partial charge in [0.25, 0.3) is 0 Å². The smallest absolute Gasteiger partial charge is 0.264 e. The zero-order valence-electron chi connectivity index (χ0n) is 18.9. The third-order valence-corrected chi connectivity index (χ3v) is 5.69. The van der Waals surface area contributed by atoms with E-state index in [1.54, 1.807) is 0 Å². The number of hydrogen-bond acceptors (Lipinski definition) is 3. The van der Waals surface area contributed by atoms with E-state index < -0.39 is 10.4 Å². The fourth-order valence-corrected chi connectivity index (χ4v) is 3.85. The van der Waals surface area contributed by atoms with Crippen LogP contribution in [0.25, 0.3) is 0 Å². The van der Waals surface area contributed by atoms with Gasteiger partial charge in [-0.2, -0.15) is 8.42 Å². The molecule has 0 unspecified atom stereocenters. The molecule has 6 heteroatoms. The van der Waals surface area contributed by atoms with Gasteiger partial charge >= 0.3 is 61.8 Å². The molecule has 0 fully saturated rings. The van der Waals surface area contributed by atoms with Gasteiger partial charge in [-0.3, -0.25) is 4.55 Å². The number of unbranched alkanes of at least 4 members (excludes halogenated alkanes) is 19. The zero-order valence-corrected chi connectivity index (χ0v) is 22.9. The molecular formula is C22H46KO4S+. The third-order valence-electron chi connectivity index (χ3n) is 5.23. The Balaban J connectivity index is 0. The van der Waals surface area contributed by atoms with Gasteiger partial charge < -0.3 is 0 Å². The SMILES string of the molecule is CCCCCCCCCCCCCCCCCCCCCCOS(=O)(=O)O.[K+]. The molecule has 0 aliphatic carbocycles. The minimum Gasteiger partial charge on any atom is -0.264 e. The van der Waals surface area contributed by atoms with Crippen LogP contribution >= 0.6 is 0 Å². The molecule has 0 aromatic rings. The van der Waals surface area contributed by atoms with Gasteiger partial charge in [-0.05, 0) is 6.42 Å². The molecule has 0 saturated heterocycles. The van der Waals surface area contributed by atoms with Crippen molar-refractivity contribution in [2.45, 2.75) is 135 Å². The first-order valence-corrected chi connectivity index (χ1v) is 13.0. The molecule has 164 valence electrons. The summed E-state index contributed by atoms with van der Waals surface area (Å²) in [5, 5.41) is 0. The van der Waals surface area contributed by atoms with E-state index in [2.05, 4.69) is 11.1 Å². The molecule has 1 N–H and O–H groups in total. The van der Waals surface area contributed by atoms with Gasteiger partial charge in [-0.1, -0.05) is 129 Å². The van der Waals surface area contributed by atoms with Crippen molar-refractivity contribution >= 4 is 10.4 Å². The Morgan fingerprint density at radius 2 is 0.786 bits per heavy atom. The summed E-state index contributed by atoms with van der Waals surface area (Å²) in [6, 6.07) is 0. The molecule has 0 aliphatic rings. The van der Waals surface area contributed by atoms with Crippen LogP contribution < -0.4 is 51.4 Å². The van der Waals surface area contributed by atoms with Crippen LogP contribution in [-0.4, -0.2) is 19.6 Å². The summed E-state index contributed by atoms with van der Waals surface area (Å²) in [5.74, 6) is 0. The minimum absolute atomic E-state index is 0. The van der Waals surface area contributed by atoms with Gasteiger partial charge in [0.2, 0.25) is 0 Å². The maximum Gasteiger partial charge on any atom is 1.00 e. The van der Waals surface area contributed by atoms with Crippen molar-refractivity contribution in [1.29, 1.82) is 0 Å². The van der Waals surface area contributed by atoms with Crippen LogP contribution in [0.3, 0.4) is 0 Å². The van der Waals surface area contributed by atoms with Crippen LogP contribution in [0.15, 0.2) is 0 Å². The summed E-state index contributed by atoms with van der Waals surface area (Å²) in [4.78, 5) is 0. The standard InChI is InChI=1S/C22H46O4S.K/c1-2-3-4-5-6-7-8-9-10-11-12-13-14-15-16-17-18-19-20-21-22-26-27(23,24)25;/h2-22H2,1H3,(H,23,24,25);/q;+1. The van der Waals surface area contributed by atoms with Crippen molar-refractivity contribution in [3.05, 3.63) is 0 Å². The Morgan fingerprint density at radius 1 is 0.536 bits per heavy atom. The second-order valence-corrected chi connectivity index (χ2v) is 9.06. The molecular weight excluding hydrogens is 399 g/mol. The molecule has 0 aromatic heterocycles. The third kappa shape index (κ3) is 29.7. The molecule has 0 aromatic carbocycles. The van der Waals surface area contributed by atoms with E-state index in [1.807, 2.05) is 0 Å². The number of rotatable bonds is 22. The van der Waals surface area contributed by atoms with E-state index in [0.717, 1.165) is 12.8 Å². The van der Waals surface area contributed by atoms with Crippen molar-refractivity contribution in [2.24, 2.45) is 0 Å². The first kappa shape index (κ1) is 31.7. The van der Waals surface area contributed by atoms with Crippen LogP contribution in [0.2, 0.25) is 0 Å². The van der Waals surface area contributed by atoms with Gasteiger partial charge in [0, 0.05) is 0 Å². The molecule has 0 radical (unpaired) electrons. The average molecular weight is 446 g/mol. The molecule has 28 heavy (non-hydrogen) atoms. The topological polar surface area (TPSA) is 63.6 Å². The van der Waals surface area contributed by atoms with E-state index in [4.69, 9.17) is 4.55 Å². The van der Waals surface area contributed by atoms with Crippen molar-refractivity contribution in [3.63, 3.8) is 0 Å². The second-order valence-electron chi connectivity index (χ2n) is 7.97. The first-order chi connectivity index (χ1) is 13.1. The Labute approximate surface area is 218 Å². The average Bonchev–Trinajstić information content (AvgIpc) is 2.62. The first-order valence-electron chi connectivity index (χ1n) is 11.7. The van der Waals surface area contributed by atoms with Gasteiger partial charge in [-0.15, -0.1) is 0 Å². The summed E-state index contributed by atoms with van der Waals surface area (Å²) < 4.78 is 33.5. The van der Waals surface area contributed by atoms with E-state index in [1.165, 1.54) is 109 Å². The largest absolute Gasteiger partial charge is 1.00 e. The maximum atomic E-state index is 10.4. The van der Waals surface area contributed by atoms with Crippen LogP contribution in [0, 0.1) is 0 Å². The van der Waals surface area contributed by atoms with E-state index in [0.29, 0.717) is 6.42 Å². The Hall–Kier alpha value is 1.51. The molecule has 0 saturated carbocycles. The molecule has 0 heterocycles. The summed E-state index contributed by atoms with van der Waals surface area (Å²) >= 11 is 0. The minimum atomic E-state index is -4.25. The second kappa shape index (κ2) is 24.8. The fraction of sp³-hybridized carbons (Fsp3) is 1.00. The maximum absolute atomic E-state index is 10.4. The Bertz CT molecular complexity index is 388. The summed E-state index contributed by atoms with van der Waals surface area (Å²) in [6.45, 7) is 2.37. The molecule has 0 rings (SSSR count). The van der Waals surface area contributed by atoms with Crippen molar-refractivity contribution in [2.75, 3.05) is 6.61 Å². The Kier molecular flexibility index (Phi) is 28.0. The normalized spacial score (nSPS) is 11.5. The van der Waals surface area contributed by atoms with Gasteiger partial charge in [0.1, 0.15) is 0 Å². The molecule has 4 nitrogen and oxygen atoms in total. The van der Waals surface area contributed by atoms with Crippen LogP contribution in [0.5, 0.6) is 0 Å². The molecule has 0 bridgehead atoms. The predicted octanol–water partition coefficient (Wildman–Crippen LogP) is 4.63. The summed E-state index contributed by atoms with van der Waals surface area (Å²) in [7, 11) is -4.25. The van der Waals surface area contributed by atoms with E-state index in [-0.39, 0.29) is 58.0 Å². The van der Waals surface area contributed by atoms with Gasteiger partial charge in [0.05, 0.1) is 6.61 Å². The van der Waals surface area contributed by atoms with Gasteiger partial charge in [-0.25, -0.2) is 4.18 Å². The molecule has 0 spiro atoms. The monoisotopic (exact) mass is 445 g/mol. The van der Waals surface area contributed by atoms with Crippen molar-refractivity contribution in [3.8, 4) is 0 Å². The molecule has 0 amide bonds. The van der Waals surface area contributed by atoms with E-state index >= 15 is 0 Å². The summed E-state index contributed by atoms with van der Waals surface area (Å²) in [5.41, 5.74) is 0. The van der Waals surface area contributed by atoms with Crippen molar-refractivity contribution < 1.29 is 68.5 Å². The van der Waals surface area contributed by atoms with E-state index in [9.17, 15) is 8.42 Å². The quantitative estimate of drug-likeness (QED) is 0.150. The molecule has 0 aliphatic heterocycles. The fourth-order valence-electron chi connectivity index (χ4n) is 3.52. The summed E-state index contributed by atoms with van der Waals surface area (Å²) in [6.07, 6.45) is 26.3. The molecule has 0 atom stereocenters. The van der Waals surface area contributed by atoms with Gasteiger partial charge in [0.15, 0.2) is 0 Å². The number of hydrogen-bond donors (Lipinski definition) is 1. The van der Waals surface area contributed by atoms with Crippen LogP contribution in [-0.2, 0) is 14.6 Å². The zero-order chi connectivity index (χ0) is 20.1. The predicted molar refractivity (Wildman–Crippen MR) is 116 cm³/mol. The Morgan fingerprint density at radius 3 is 1.04 bits per heavy atom. The van der Waals surface area contributed by atoms with Crippen LogP contribution in [0.1, 0.15) is 135 Å². The van der Waals surface area contributed by atoms with Crippen LogP contribution in [0.4, 0.5) is 0 Å².